The van der Waals surface area contributed by atoms with E-state index < -0.39 is 0 Å². The number of carbonyl (C=O) groups is 1. The minimum absolute atomic E-state index is 0.0469. The summed E-state index contributed by atoms with van der Waals surface area (Å²) in [6, 6.07) is 0. The molecule has 1 heterocycles. The van der Waals surface area contributed by atoms with E-state index in [0.29, 0.717) is 11.8 Å². The molecule has 2 nitrogen and oxygen atoms in total. The van der Waals surface area contributed by atoms with Crippen molar-refractivity contribution in [2.24, 2.45) is 11.3 Å². The highest BCUT2D eigenvalue weighted by Crippen LogP contribution is 2.41. The Morgan fingerprint density at radius 1 is 1.58 bits per heavy atom. The molecule has 1 unspecified atom stereocenters. The van der Waals surface area contributed by atoms with Gasteiger partial charge in [-0.1, -0.05) is 20.8 Å². The van der Waals surface area contributed by atoms with Crippen LogP contribution in [0.3, 0.4) is 0 Å². The quantitative estimate of drug-likeness (QED) is 0.618. The summed E-state index contributed by atoms with van der Waals surface area (Å²) >= 11 is 0. The molecule has 0 bridgehead atoms. The Kier molecular flexibility index (Phi) is 2.45. The smallest absolute Gasteiger partial charge is 0.228 e. The monoisotopic (exact) mass is 169 g/mol. The summed E-state index contributed by atoms with van der Waals surface area (Å²) in [7, 11) is 1.90. The highest BCUT2D eigenvalue weighted by Gasteiger charge is 2.45. The van der Waals surface area contributed by atoms with Gasteiger partial charge in [0.1, 0.15) is 0 Å². The van der Waals surface area contributed by atoms with Crippen LogP contribution < -0.4 is 0 Å². The fourth-order valence-electron chi connectivity index (χ4n) is 2.23. The molecule has 0 N–H and O–H groups in total. The molecule has 12 heavy (non-hydrogen) atoms. The van der Waals surface area contributed by atoms with Crippen molar-refractivity contribution in [1.82, 2.24) is 4.90 Å². The first-order valence-electron chi connectivity index (χ1n) is 4.80. The van der Waals surface area contributed by atoms with E-state index in [1.807, 2.05) is 11.9 Å². The summed E-state index contributed by atoms with van der Waals surface area (Å²) in [4.78, 5) is 13.7. The third-order valence-electron chi connectivity index (χ3n) is 3.40. The normalized spacial score (nSPS) is 30.4. The van der Waals surface area contributed by atoms with Gasteiger partial charge in [-0.3, -0.25) is 4.79 Å². The van der Waals surface area contributed by atoms with Gasteiger partial charge in [-0.25, -0.2) is 0 Å². The molecule has 70 valence electrons. The summed E-state index contributed by atoms with van der Waals surface area (Å²) in [6.45, 7) is 7.36. The van der Waals surface area contributed by atoms with Crippen LogP contribution >= 0.6 is 0 Å². The molecular formula is C10H19NO. The highest BCUT2D eigenvalue weighted by molar-refractivity contribution is 5.84. The zero-order valence-corrected chi connectivity index (χ0v) is 8.55. The van der Waals surface area contributed by atoms with Crippen LogP contribution in [-0.2, 0) is 4.79 Å². The fraction of sp³-hybridized carbons (Fsp3) is 0.900. The van der Waals surface area contributed by atoms with Crippen molar-refractivity contribution in [3.8, 4) is 0 Å². The first-order valence-corrected chi connectivity index (χ1v) is 4.80. The number of likely N-dealkylation sites (tertiary alicyclic amines) is 1. The molecule has 0 aliphatic carbocycles. The molecule has 1 aliphatic heterocycles. The zero-order valence-electron chi connectivity index (χ0n) is 8.55. The van der Waals surface area contributed by atoms with E-state index in [-0.39, 0.29) is 5.41 Å². The van der Waals surface area contributed by atoms with Crippen LogP contribution in [0.5, 0.6) is 0 Å². The van der Waals surface area contributed by atoms with Gasteiger partial charge in [-0.15, -0.1) is 0 Å². The largest absolute Gasteiger partial charge is 0.345 e. The van der Waals surface area contributed by atoms with E-state index >= 15 is 0 Å². The average molecular weight is 169 g/mol. The highest BCUT2D eigenvalue weighted by atomic mass is 16.2. The first kappa shape index (κ1) is 9.56. The Morgan fingerprint density at radius 2 is 2.17 bits per heavy atom. The molecule has 1 amide bonds. The van der Waals surface area contributed by atoms with Crippen LogP contribution in [0.1, 0.15) is 33.6 Å². The maximum atomic E-state index is 11.8. The van der Waals surface area contributed by atoms with Gasteiger partial charge in [0.2, 0.25) is 5.91 Å². The average Bonchev–Trinajstić information content (AvgIpc) is 2.31. The van der Waals surface area contributed by atoms with Crippen molar-refractivity contribution in [2.75, 3.05) is 13.6 Å². The third-order valence-corrected chi connectivity index (χ3v) is 3.40. The van der Waals surface area contributed by atoms with E-state index in [9.17, 15) is 4.79 Å². The van der Waals surface area contributed by atoms with Gasteiger partial charge in [0.15, 0.2) is 0 Å². The Morgan fingerprint density at radius 3 is 2.33 bits per heavy atom. The molecule has 1 fully saturated rings. The van der Waals surface area contributed by atoms with Gasteiger partial charge in [0.25, 0.3) is 0 Å². The van der Waals surface area contributed by atoms with Gasteiger partial charge in [0.05, 0.1) is 5.41 Å². The molecule has 0 aromatic heterocycles. The van der Waals surface area contributed by atoms with Crippen molar-refractivity contribution in [2.45, 2.75) is 33.6 Å². The zero-order chi connectivity index (χ0) is 9.35. The lowest BCUT2D eigenvalue weighted by Gasteiger charge is -2.29. The second kappa shape index (κ2) is 3.08. The predicted octanol–water partition coefficient (Wildman–Crippen LogP) is 1.90. The second-order valence-corrected chi connectivity index (χ2v) is 4.14. The summed E-state index contributed by atoms with van der Waals surface area (Å²) in [6.07, 6.45) is 2.02. The Hall–Kier alpha value is -0.530. The number of carbonyl (C=O) groups excluding carboxylic acids is 1. The van der Waals surface area contributed by atoms with Crippen molar-refractivity contribution < 1.29 is 4.79 Å². The van der Waals surface area contributed by atoms with Gasteiger partial charge < -0.3 is 4.90 Å². The number of nitrogens with zero attached hydrogens (tertiary/aromatic N) is 1. The van der Waals surface area contributed by atoms with Crippen LogP contribution in [0.25, 0.3) is 0 Å². The lowest BCUT2D eigenvalue weighted by atomic mass is 9.74. The first-order chi connectivity index (χ1) is 5.54. The van der Waals surface area contributed by atoms with Gasteiger partial charge >= 0.3 is 0 Å². The maximum Gasteiger partial charge on any atom is 0.228 e. The Bertz CT molecular complexity index is 188. The number of rotatable bonds is 2. The van der Waals surface area contributed by atoms with Gasteiger partial charge in [-0.2, -0.15) is 0 Å². The third kappa shape index (κ3) is 1.13. The van der Waals surface area contributed by atoms with Crippen molar-refractivity contribution in [3.05, 3.63) is 0 Å². The van der Waals surface area contributed by atoms with Crippen LogP contribution in [0, 0.1) is 11.3 Å². The molecule has 0 radical (unpaired) electrons. The molecule has 1 saturated heterocycles. The van der Waals surface area contributed by atoms with Crippen molar-refractivity contribution in [1.29, 1.82) is 0 Å². The van der Waals surface area contributed by atoms with Crippen LogP contribution in [0.15, 0.2) is 0 Å². The second-order valence-electron chi connectivity index (χ2n) is 4.14. The SMILES string of the molecule is CCC1(C(C)C)CCN(C)C1=O. The van der Waals surface area contributed by atoms with E-state index in [1.54, 1.807) is 0 Å². The molecule has 0 aromatic rings. The number of amides is 1. The molecule has 1 aliphatic rings. The van der Waals surface area contributed by atoms with E-state index in [0.717, 1.165) is 19.4 Å². The number of hydrogen-bond donors (Lipinski definition) is 0. The Balaban J connectivity index is 2.88. The molecule has 1 rings (SSSR count). The molecule has 0 spiro atoms. The lowest BCUT2D eigenvalue weighted by Crippen LogP contribution is -2.36. The predicted molar refractivity (Wildman–Crippen MR) is 49.8 cm³/mol. The Labute approximate surface area is 74.9 Å². The van der Waals surface area contributed by atoms with E-state index in [2.05, 4.69) is 20.8 Å². The van der Waals surface area contributed by atoms with Crippen molar-refractivity contribution >= 4 is 5.91 Å². The van der Waals surface area contributed by atoms with Crippen molar-refractivity contribution in [3.63, 3.8) is 0 Å². The summed E-state index contributed by atoms with van der Waals surface area (Å²) in [5.74, 6) is 0.819. The molecular weight excluding hydrogens is 150 g/mol. The fourth-order valence-corrected chi connectivity index (χ4v) is 2.23. The molecule has 1 atom stereocenters. The minimum Gasteiger partial charge on any atom is -0.345 e. The maximum absolute atomic E-state index is 11.8. The summed E-state index contributed by atoms with van der Waals surface area (Å²) < 4.78 is 0. The molecule has 0 saturated carbocycles. The lowest BCUT2D eigenvalue weighted by molar-refractivity contribution is -0.137. The summed E-state index contributed by atoms with van der Waals surface area (Å²) in [5, 5.41) is 0. The minimum atomic E-state index is -0.0469. The number of hydrogen-bond acceptors (Lipinski definition) is 1. The van der Waals surface area contributed by atoms with Gasteiger partial charge in [-0.05, 0) is 18.8 Å². The molecule has 2 heteroatoms. The van der Waals surface area contributed by atoms with Crippen LogP contribution in [-0.4, -0.2) is 24.4 Å². The van der Waals surface area contributed by atoms with E-state index in [4.69, 9.17) is 0 Å². The van der Waals surface area contributed by atoms with Crippen LogP contribution in [0.2, 0.25) is 0 Å². The van der Waals surface area contributed by atoms with Gasteiger partial charge in [0, 0.05) is 13.6 Å². The summed E-state index contributed by atoms with van der Waals surface area (Å²) in [5.41, 5.74) is -0.0469. The topological polar surface area (TPSA) is 20.3 Å². The molecule has 0 aromatic carbocycles. The van der Waals surface area contributed by atoms with Crippen LogP contribution in [0.4, 0.5) is 0 Å². The standard InChI is InChI=1S/C10H19NO/c1-5-10(8(2)3)6-7-11(4)9(10)12/h8H,5-7H2,1-4H3. The van der Waals surface area contributed by atoms with E-state index in [1.165, 1.54) is 0 Å².